The lowest BCUT2D eigenvalue weighted by Gasteiger charge is -2.20. The van der Waals surface area contributed by atoms with Crippen LogP contribution in [0.25, 0.3) is 0 Å². The van der Waals surface area contributed by atoms with Crippen molar-refractivity contribution in [3.63, 3.8) is 0 Å². The smallest absolute Gasteiger partial charge is 0.252 e. The van der Waals surface area contributed by atoms with Crippen molar-refractivity contribution < 1.29 is 13.2 Å². The second-order valence-corrected chi connectivity index (χ2v) is 10.3. The molecule has 1 amide bonds. The molecule has 4 rings (SSSR count). The molecule has 5 nitrogen and oxygen atoms in total. The van der Waals surface area contributed by atoms with Crippen LogP contribution < -0.4 is 5.32 Å². The van der Waals surface area contributed by atoms with Crippen molar-refractivity contribution in [3.05, 3.63) is 107 Å². The van der Waals surface area contributed by atoms with Gasteiger partial charge in [-0.3, -0.25) is 4.79 Å². The van der Waals surface area contributed by atoms with E-state index in [0.29, 0.717) is 24.2 Å². The summed E-state index contributed by atoms with van der Waals surface area (Å²) in [5, 5.41) is 3.13. The van der Waals surface area contributed by atoms with Crippen LogP contribution in [0.15, 0.2) is 78.9 Å². The van der Waals surface area contributed by atoms with E-state index >= 15 is 0 Å². The van der Waals surface area contributed by atoms with Gasteiger partial charge in [0.05, 0.1) is 11.8 Å². The average Bonchev–Trinajstić information content (AvgIpc) is 3.35. The molecule has 1 aliphatic heterocycles. The Labute approximate surface area is 190 Å². The summed E-state index contributed by atoms with van der Waals surface area (Å²) in [5.41, 5.74) is 4.35. The molecule has 0 aliphatic carbocycles. The van der Waals surface area contributed by atoms with Crippen LogP contribution in [-0.4, -0.2) is 31.7 Å². The van der Waals surface area contributed by atoms with Gasteiger partial charge in [-0.1, -0.05) is 72.3 Å². The Balaban J connectivity index is 1.50. The molecule has 1 N–H and O–H groups in total. The van der Waals surface area contributed by atoms with Crippen LogP contribution in [0.2, 0.25) is 0 Å². The van der Waals surface area contributed by atoms with E-state index in [1.165, 1.54) is 0 Å². The molecule has 0 unspecified atom stereocenters. The zero-order valence-electron chi connectivity index (χ0n) is 18.2. The molecule has 166 valence electrons. The normalized spacial score (nSPS) is 15.4. The number of carbonyl (C=O) groups excluding carboxylic acids is 1. The molecule has 1 heterocycles. The number of amides is 1. The number of nitrogens with zero attached hydrogens (tertiary/aromatic N) is 1. The summed E-state index contributed by atoms with van der Waals surface area (Å²) in [4.78, 5) is 13.0. The first kappa shape index (κ1) is 22.2. The summed E-state index contributed by atoms with van der Waals surface area (Å²) < 4.78 is 26.7. The van der Waals surface area contributed by atoms with Gasteiger partial charge in [0.1, 0.15) is 0 Å². The van der Waals surface area contributed by atoms with Crippen LogP contribution in [0.4, 0.5) is 0 Å². The third-order valence-electron chi connectivity index (χ3n) is 5.84. The van der Waals surface area contributed by atoms with Crippen LogP contribution in [0, 0.1) is 6.92 Å². The molecule has 0 spiro atoms. The Morgan fingerprint density at radius 2 is 1.47 bits per heavy atom. The van der Waals surface area contributed by atoms with Crippen LogP contribution in [0.3, 0.4) is 0 Å². The van der Waals surface area contributed by atoms with E-state index in [2.05, 4.69) is 5.32 Å². The highest BCUT2D eigenvalue weighted by molar-refractivity contribution is 7.88. The van der Waals surface area contributed by atoms with Gasteiger partial charge in [0, 0.05) is 18.7 Å². The number of benzene rings is 3. The predicted molar refractivity (Wildman–Crippen MR) is 127 cm³/mol. The van der Waals surface area contributed by atoms with Crippen LogP contribution in [-0.2, 0) is 15.8 Å². The number of hydrogen-bond donors (Lipinski definition) is 1. The number of sulfonamides is 1. The summed E-state index contributed by atoms with van der Waals surface area (Å²) in [6, 6.07) is 24.6. The van der Waals surface area contributed by atoms with Gasteiger partial charge in [0.15, 0.2) is 0 Å². The van der Waals surface area contributed by atoms with Gasteiger partial charge >= 0.3 is 0 Å². The molecule has 3 aromatic carbocycles. The fourth-order valence-corrected chi connectivity index (χ4v) is 5.61. The van der Waals surface area contributed by atoms with Gasteiger partial charge < -0.3 is 5.32 Å². The summed E-state index contributed by atoms with van der Waals surface area (Å²) in [7, 11) is -3.31. The van der Waals surface area contributed by atoms with E-state index in [0.717, 1.165) is 29.5 Å². The first-order valence-electron chi connectivity index (χ1n) is 10.9. The topological polar surface area (TPSA) is 66.5 Å². The van der Waals surface area contributed by atoms with E-state index in [1.54, 1.807) is 28.6 Å². The standard InChI is InChI=1S/C26H28N2O3S/c1-20-9-13-23(14-10-20)25(22-7-3-2-4-8-22)27-26(29)24-15-11-21(12-16-24)19-32(30,31)28-17-5-6-18-28/h2-4,7-16,25H,5-6,17-19H2,1H3,(H,27,29)/t25-/m0/s1. The summed E-state index contributed by atoms with van der Waals surface area (Å²) in [6.07, 6.45) is 1.84. The molecule has 3 aromatic rings. The van der Waals surface area contributed by atoms with Crippen molar-refractivity contribution >= 4 is 15.9 Å². The fraction of sp³-hybridized carbons (Fsp3) is 0.269. The summed E-state index contributed by atoms with van der Waals surface area (Å²) in [6.45, 7) is 3.23. The number of hydrogen-bond acceptors (Lipinski definition) is 3. The van der Waals surface area contributed by atoms with Crippen molar-refractivity contribution in [2.45, 2.75) is 31.6 Å². The zero-order valence-corrected chi connectivity index (χ0v) is 19.0. The van der Waals surface area contributed by atoms with Crippen molar-refractivity contribution in [2.75, 3.05) is 13.1 Å². The molecule has 0 aromatic heterocycles. The van der Waals surface area contributed by atoms with Gasteiger partial charge in [0.25, 0.3) is 5.91 Å². The molecular formula is C26H28N2O3S. The van der Waals surface area contributed by atoms with Crippen LogP contribution in [0.5, 0.6) is 0 Å². The van der Waals surface area contributed by atoms with E-state index in [4.69, 9.17) is 0 Å². The predicted octanol–water partition coefficient (Wildman–Crippen LogP) is 4.44. The summed E-state index contributed by atoms with van der Waals surface area (Å²) >= 11 is 0. The Morgan fingerprint density at radius 3 is 2.09 bits per heavy atom. The molecule has 0 bridgehead atoms. The molecule has 1 atom stereocenters. The van der Waals surface area contributed by atoms with Gasteiger partial charge in [-0.25, -0.2) is 12.7 Å². The molecule has 1 aliphatic rings. The first-order valence-corrected chi connectivity index (χ1v) is 12.5. The quantitative estimate of drug-likeness (QED) is 0.581. The third-order valence-corrected chi connectivity index (χ3v) is 7.69. The average molecular weight is 449 g/mol. The largest absolute Gasteiger partial charge is 0.341 e. The highest BCUT2D eigenvalue weighted by Crippen LogP contribution is 2.23. The lowest BCUT2D eigenvalue weighted by Crippen LogP contribution is -2.30. The highest BCUT2D eigenvalue weighted by atomic mass is 32.2. The fourth-order valence-electron chi connectivity index (χ4n) is 4.00. The van der Waals surface area contributed by atoms with Gasteiger partial charge in [-0.15, -0.1) is 0 Å². The summed E-state index contributed by atoms with van der Waals surface area (Å²) in [5.74, 6) is -0.237. The molecule has 1 saturated heterocycles. The minimum Gasteiger partial charge on any atom is -0.341 e. The maximum atomic E-state index is 13.0. The van der Waals surface area contributed by atoms with Crippen molar-refractivity contribution in [3.8, 4) is 0 Å². The van der Waals surface area contributed by atoms with Gasteiger partial charge in [0.2, 0.25) is 10.0 Å². The Morgan fingerprint density at radius 1 is 0.875 bits per heavy atom. The van der Waals surface area contributed by atoms with Crippen molar-refractivity contribution in [2.24, 2.45) is 0 Å². The minimum absolute atomic E-state index is 0.0368. The lowest BCUT2D eigenvalue weighted by atomic mass is 9.97. The molecule has 0 saturated carbocycles. The van der Waals surface area contributed by atoms with E-state index < -0.39 is 10.0 Å². The van der Waals surface area contributed by atoms with Crippen LogP contribution in [0.1, 0.15) is 51.5 Å². The first-order chi connectivity index (χ1) is 15.4. The third kappa shape index (κ3) is 5.26. The maximum absolute atomic E-state index is 13.0. The molecule has 1 fully saturated rings. The van der Waals surface area contributed by atoms with E-state index in [9.17, 15) is 13.2 Å². The number of nitrogens with one attached hydrogen (secondary N) is 1. The van der Waals surface area contributed by atoms with Gasteiger partial charge in [-0.2, -0.15) is 0 Å². The van der Waals surface area contributed by atoms with Gasteiger partial charge in [-0.05, 0) is 48.6 Å². The van der Waals surface area contributed by atoms with E-state index in [-0.39, 0.29) is 17.7 Å². The number of carbonyl (C=O) groups is 1. The highest BCUT2D eigenvalue weighted by Gasteiger charge is 2.25. The Hall–Kier alpha value is -2.96. The monoisotopic (exact) mass is 448 g/mol. The second-order valence-electron chi connectivity index (χ2n) is 8.29. The van der Waals surface area contributed by atoms with E-state index in [1.807, 2.05) is 61.5 Å². The lowest BCUT2D eigenvalue weighted by molar-refractivity contribution is 0.0943. The zero-order chi connectivity index (χ0) is 22.6. The molecule has 6 heteroatoms. The number of rotatable bonds is 7. The second kappa shape index (κ2) is 9.67. The minimum atomic E-state index is -3.31. The molecule has 32 heavy (non-hydrogen) atoms. The Bertz CT molecular complexity index is 1150. The van der Waals surface area contributed by atoms with Crippen LogP contribution >= 0.6 is 0 Å². The molecular weight excluding hydrogens is 420 g/mol. The van der Waals surface area contributed by atoms with Crippen molar-refractivity contribution in [1.82, 2.24) is 9.62 Å². The maximum Gasteiger partial charge on any atom is 0.252 e. The number of aryl methyl sites for hydroxylation is 1. The SMILES string of the molecule is Cc1ccc([C@@H](NC(=O)c2ccc(CS(=O)(=O)N3CCCC3)cc2)c2ccccc2)cc1. The van der Waals surface area contributed by atoms with Crippen molar-refractivity contribution in [1.29, 1.82) is 0 Å². The molecule has 0 radical (unpaired) electrons. The Kier molecular flexibility index (Phi) is 6.72.